The molecule has 0 unspecified atom stereocenters. The second-order valence-electron chi connectivity index (χ2n) is 7.87. The molecule has 9 heteroatoms. The second kappa shape index (κ2) is 9.15. The standard InChI is InChI=1S/C22H27F2N5O2/c1-15-16(12-27(2)25-15)13-29-7-9-31-22(14-29)21-10-17(28(3)26-21)6-8-30-18-4-5-19(23)20(24)11-18/h4-5,10-12,22H,6-9,13-14H2,1-3H3/t22-/m1/s1. The predicted octanol–water partition coefficient (Wildman–Crippen LogP) is 2.94. The van der Waals surface area contributed by atoms with Crippen LogP contribution in [0.2, 0.25) is 0 Å². The molecule has 166 valence electrons. The predicted molar refractivity (Wildman–Crippen MR) is 111 cm³/mol. The number of morpholine rings is 1. The van der Waals surface area contributed by atoms with Gasteiger partial charge >= 0.3 is 0 Å². The third-order valence-electron chi connectivity index (χ3n) is 5.50. The molecule has 31 heavy (non-hydrogen) atoms. The van der Waals surface area contributed by atoms with E-state index >= 15 is 0 Å². The van der Waals surface area contributed by atoms with Crippen LogP contribution in [0.15, 0.2) is 30.5 Å². The van der Waals surface area contributed by atoms with E-state index in [-0.39, 0.29) is 6.10 Å². The lowest BCUT2D eigenvalue weighted by Gasteiger charge is -2.31. The van der Waals surface area contributed by atoms with Crippen molar-refractivity contribution in [2.75, 3.05) is 26.3 Å². The molecule has 0 spiro atoms. The highest BCUT2D eigenvalue weighted by atomic mass is 19.2. The van der Waals surface area contributed by atoms with Gasteiger partial charge in [0.1, 0.15) is 11.9 Å². The molecule has 1 saturated heterocycles. The minimum absolute atomic E-state index is 0.0993. The van der Waals surface area contributed by atoms with Gasteiger partial charge < -0.3 is 9.47 Å². The first kappa shape index (κ1) is 21.5. The largest absolute Gasteiger partial charge is 0.493 e. The Bertz CT molecular complexity index is 1050. The Labute approximate surface area is 180 Å². The van der Waals surface area contributed by atoms with E-state index in [1.54, 1.807) is 0 Å². The van der Waals surface area contributed by atoms with Crippen LogP contribution in [0.25, 0.3) is 0 Å². The maximum absolute atomic E-state index is 13.3. The summed E-state index contributed by atoms with van der Waals surface area (Å²) in [6, 6.07) is 5.56. The lowest BCUT2D eigenvalue weighted by Crippen LogP contribution is -2.38. The minimum atomic E-state index is -0.916. The van der Waals surface area contributed by atoms with Gasteiger partial charge in [0.05, 0.1) is 24.6 Å². The summed E-state index contributed by atoms with van der Waals surface area (Å²) in [5.41, 5.74) is 4.14. The maximum atomic E-state index is 13.3. The van der Waals surface area contributed by atoms with Gasteiger partial charge in [0.25, 0.3) is 0 Å². The Balaban J connectivity index is 1.35. The number of nitrogens with zero attached hydrogens (tertiary/aromatic N) is 5. The van der Waals surface area contributed by atoms with Crippen LogP contribution in [0, 0.1) is 18.6 Å². The Morgan fingerprint density at radius 1 is 1.16 bits per heavy atom. The van der Waals surface area contributed by atoms with Gasteiger partial charge in [-0.15, -0.1) is 0 Å². The van der Waals surface area contributed by atoms with Crippen molar-refractivity contribution in [2.24, 2.45) is 14.1 Å². The molecule has 1 atom stereocenters. The van der Waals surface area contributed by atoms with Gasteiger partial charge in [-0.3, -0.25) is 14.3 Å². The Hall–Kier alpha value is -2.78. The number of ether oxygens (including phenoxy) is 2. The van der Waals surface area contributed by atoms with E-state index in [2.05, 4.69) is 21.3 Å². The van der Waals surface area contributed by atoms with Crippen molar-refractivity contribution in [3.8, 4) is 5.75 Å². The summed E-state index contributed by atoms with van der Waals surface area (Å²) in [6.07, 6.45) is 2.55. The molecule has 3 heterocycles. The summed E-state index contributed by atoms with van der Waals surface area (Å²) in [5.74, 6) is -1.50. The van der Waals surface area contributed by atoms with Crippen LogP contribution in [0.4, 0.5) is 8.78 Å². The van der Waals surface area contributed by atoms with Gasteiger partial charge in [-0.05, 0) is 25.1 Å². The number of rotatable bonds is 7. The topological polar surface area (TPSA) is 57.3 Å². The highest BCUT2D eigenvalue weighted by molar-refractivity contribution is 5.24. The third kappa shape index (κ3) is 5.11. The quantitative estimate of drug-likeness (QED) is 0.576. The molecule has 0 amide bonds. The number of hydrogen-bond acceptors (Lipinski definition) is 5. The molecule has 2 aromatic heterocycles. The van der Waals surface area contributed by atoms with Crippen molar-refractivity contribution >= 4 is 0 Å². The van der Waals surface area contributed by atoms with Gasteiger partial charge in [-0.1, -0.05) is 0 Å². The molecule has 1 aromatic carbocycles. The monoisotopic (exact) mass is 431 g/mol. The van der Waals surface area contributed by atoms with Crippen LogP contribution in [0.1, 0.15) is 28.7 Å². The lowest BCUT2D eigenvalue weighted by atomic mass is 10.1. The third-order valence-corrected chi connectivity index (χ3v) is 5.50. The van der Waals surface area contributed by atoms with Gasteiger partial charge in [-0.25, -0.2) is 8.78 Å². The number of benzene rings is 1. The first-order valence-corrected chi connectivity index (χ1v) is 10.3. The fourth-order valence-corrected chi connectivity index (χ4v) is 3.83. The highest BCUT2D eigenvalue weighted by Crippen LogP contribution is 2.24. The molecule has 3 aromatic rings. The summed E-state index contributed by atoms with van der Waals surface area (Å²) >= 11 is 0. The van der Waals surface area contributed by atoms with E-state index in [1.807, 2.05) is 36.4 Å². The number of aryl methyl sites for hydroxylation is 3. The van der Waals surface area contributed by atoms with Crippen LogP contribution < -0.4 is 4.74 Å². The van der Waals surface area contributed by atoms with E-state index in [9.17, 15) is 8.78 Å². The molecule has 1 fully saturated rings. The van der Waals surface area contributed by atoms with Crippen LogP contribution in [-0.4, -0.2) is 50.8 Å². The molecule has 0 saturated carbocycles. The van der Waals surface area contributed by atoms with Crippen molar-refractivity contribution in [3.63, 3.8) is 0 Å². The van der Waals surface area contributed by atoms with Crippen LogP contribution in [-0.2, 0) is 31.8 Å². The van der Waals surface area contributed by atoms with Crippen LogP contribution in [0.3, 0.4) is 0 Å². The Morgan fingerprint density at radius 2 is 2.00 bits per heavy atom. The Kier molecular flexibility index (Phi) is 6.33. The smallest absolute Gasteiger partial charge is 0.162 e. The van der Waals surface area contributed by atoms with E-state index in [1.165, 1.54) is 11.6 Å². The molecule has 0 radical (unpaired) electrons. The lowest BCUT2D eigenvalue weighted by molar-refractivity contribution is -0.0352. The second-order valence-corrected chi connectivity index (χ2v) is 7.87. The average molecular weight is 431 g/mol. The van der Waals surface area contributed by atoms with Gasteiger partial charge in [-0.2, -0.15) is 10.2 Å². The zero-order valence-corrected chi connectivity index (χ0v) is 18.0. The fourth-order valence-electron chi connectivity index (χ4n) is 3.83. The Morgan fingerprint density at radius 3 is 2.74 bits per heavy atom. The van der Waals surface area contributed by atoms with Gasteiger partial charge in [0.15, 0.2) is 11.6 Å². The van der Waals surface area contributed by atoms with Crippen LogP contribution >= 0.6 is 0 Å². The molecular formula is C22H27F2N5O2. The molecule has 4 rings (SSSR count). The van der Waals surface area contributed by atoms with E-state index < -0.39 is 11.6 Å². The molecular weight excluding hydrogens is 404 g/mol. The summed E-state index contributed by atoms with van der Waals surface area (Å²) in [5, 5.41) is 9.05. The average Bonchev–Trinajstić information content (AvgIpc) is 3.26. The first-order valence-electron chi connectivity index (χ1n) is 10.3. The number of halogens is 2. The summed E-state index contributed by atoms with van der Waals surface area (Å²) in [4.78, 5) is 2.36. The molecule has 0 bridgehead atoms. The maximum Gasteiger partial charge on any atom is 0.162 e. The summed E-state index contributed by atoms with van der Waals surface area (Å²) in [6.45, 7) is 5.47. The summed E-state index contributed by atoms with van der Waals surface area (Å²) in [7, 11) is 3.82. The summed E-state index contributed by atoms with van der Waals surface area (Å²) < 4.78 is 41.5. The number of aromatic nitrogens is 4. The molecule has 1 aliphatic rings. The molecule has 1 aliphatic heterocycles. The van der Waals surface area contributed by atoms with E-state index in [4.69, 9.17) is 9.47 Å². The number of hydrogen-bond donors (Lipinski definition) is 0. The van der Waals surface area contributed by atoms with Crippen LogP contribution in [0.5, 0.6) is 5.75 Å². The first-order chi connectivity index (χ1) is 14.9. The van der Waals surface area contributed by atoms with E-state index in [0.29, 0.717) is 25.4 Å². The van der Waals surface area contributed by atoms with Crippen molar-refractivity contribution in [1.29, 1.82) is 0 Å². The normalized spacial score (nSPS) is 17.3. The zero-order chi connectivity index (χ0) is 22.0. The van der Waals surface area contributed by atoms with Gasteiger partial charge in [0, 0.05) is 63.7 Å². The van der Waals surface area contributed by atoms with Gasteiger partial charge in [0.2, 0.25) is 0 Å². The van der Waals surface area contributed by atoms with Crippen molar-refractivity contribution in [2.45, 2.75) is 26.0 Å². The van der Waals surface area contributed by atoms with Crippen molar-refractivity contribution in [1.82, 2.24) is 24.5 Å². The van der Waals surface area contributed by atoms with Crippen molar-refractivity contribution in [3.05, 3.63) is 64.7 Å². The molecule has 0 aliphatic carbocycles. The zero-order valence-electron chi connectivity index (χ0n) is 18.0. The van der Waals surface area contributed by atoms with Crippen molar-refractivity contribution < 1.29 is 18.3 Å². The molecule has 0 N–H and O–H groups in total. The van der Waals surface area contributed by atoms with E-state index in [0.717, 1.165) is 48.8 Å². The minimum Gasteiger partial charge on any atom is -0.493 e. The highest BCUT2D eigenvalue weighted by Gasteiger charge is 2.25. The SMILES string of the molecule is Cc1nn(C)cc1CN1CCO[C@@H](c2cc(CCOc3ccc(F)c(F)c3)n(C)n2)C1. The molecule has 7 nitrogen and oxygen atoms in total. The fraction of sp³-hybridized carbons (Fsp3) is 0.455.